The third-order valence-corrected chi connectivity index (χ3v) is 3.05. The number of hydrogen-bond donors (Lipinski definition) is 3. The fourth-order valence-electron chi connectivity index (χ4n) is 1.77. The van der Waals surface area contributed by atoms with Gasteiger partial charge in [0, 0.05) is 12.6 Å². The first-order valence-electron chi connectivity index (χ1n) is 6.83. The number of benzene rings is 1. The number of aliphatic hydroxyl groups is 2. The molecule has 0 saturated carbocycles. The molecule has 0 amide bonds. The Morgan fingerprint density at radius 1 is 1.40 bits per heavy atom. The van der Waals surface area contributed by atoms with Crippen LogP contribution in [-0.2, 0) is 0 Å². The minimum absolute atomic E-state index is 0.0193. The minimum Gasteiger partial charge on any atom is -0.490 e. The van der Waals surface area contributed by atoms with Gasteiger partial charge in [-0.1, -0.05) is 19.1 Å². The van der Waals surface area contributed by atoms with Crippen LogP contribution < -0.4 is 10.1 Å². The summed E-state index contributed by atoms with van der Waals surface area (Å²) in [6.45, 7) is 3.91. The number of Topliss-reactive ketones (excluding diaryl/α,β-unsaturated/α-hetero) is 1. The van der Waals surface area contributed by atoms with Crippen LogP contribution in [0.15, 0.2) is 24.3 Å². The first kappa shape index (κ1) is 16.6. The van der Waals surface area contributed by atoms with Crippen LogP contribution in [0.25, 0.3) is 0 Å². The van der Waals surface area contributed by atoms with Crippen molar-refractivity contribution in [1.82, 2.24) is 5.32 Å². The molecule has 0 fully saturated rings. The molecular formula is C15H23NO4. The fraction of sp³-hybridized carbons (Fsp3) is 0.533. The molecule has 5 nitrogen and oxygen atoms in total. The van der Waals surface area contributed by atoms with E-state index in [2.05, 4.69) is 5.32 Å². The monoisotopic (exact) mass is 281 g/mol. The van der Waals surface area contributed by atoms with Gasteiger partial charge < -0.3 is 20.3 Å². The van der Waals surface area contributed by atoms with E-state index in [0.29, 0.717) is 17.9 Å². The SMILES string of the molecule is CC[C@@H](CO)NC[C@@H](O)COc1ccccc1C(C)=O. The van der Waals surface area contributed by atoms with Crippen molar-refractivity contribution < 1.29 is 19.7 Å². The van der Waals surface area contributed by atoms with Gasteiger partial charge >= 0.3 is 0 Å². The van der Waals surface area contributed by atoms with Crippen LogP contribution in [0.2, 0.25) is 0 Å². The lowest BCUT2D eigenvalue weighted by atomic mass is 10.1. The highest BCUT2D eigenvalue weighted by Crippen LogP contribution is 2.18. The quantitative estimate of drug-likeness (QED) is 0.588. The Bertz CT molecular complexity index is 418. The molecule has 0 bridgehead atoms. The number of carbonyl (C=O) groups excluding carboxylic acids is 1. The maximum Gasteiger partial charge on any atom is 0.163 e. The first-order valence-corrected chi connectivity index (χ1v) is 6.83. The maximum atomic E-state index is 11.4. The summed E-state index contributed by atoms with van der Waals surface area (Å²) < 4.78 is 5.49. The summed E-state index contributed by atoms with van der Waals surface area (Å²) in [4.78, 5) is 11.4. The number of para-hydroxylation sites is 1. The van der Waals surface area contributed by atoms with Crippen LogP contribution in [-0.4, -0.2) is 47.9 Å². The number of carbonyl (C=O) groups is 1. The Morgan fingerprint density at radius 3 is 2.70 bits per heavy atom. The predicted octanol–water partition coefficient (Wildman–Crippen LogP) is 0.989. The molecule has 3 N–H and O–H groups in total. The highest BCUT2D eigenvalue weighted by atomic mass is 16.5. The van der Waals surface area contributed by atoms with Gasteiger partial charge in [0.05, 0.1) is 12.2 Å². The zero-order valence-electron chi connectivity index (χ0n) is 12.0. The molecule has 0 saturated heterocycles. The Kier molecular flexibility index (Phi) is 7.22. The molecule has 0 heterocycles. The molecule has 5 heteroatoms. The highest BCUT2D eigenvalue weighted by molar-refractivity contribution is 5.96. The van der Waals surface area contributed by atoms with Crippen LogP contribution in [0, 0.1) is 0 Å². The van der Waals surface area contributed by atoms with E-state index in [9.17, 15) is 9.90 Å². The zero-order valence-corrected chi connectivity index (χ0v) is 12.0. The molecule has 0 radical (unpaired) electrons. The number of ketones is 1. The van der Waals surface area contributed by atoms with Gasteiger partial charge in [0.15, 0.2) is 5.78 Å². The van der Waals surface area contributed by atoms with Crippen LogP contribution in [0.3, 0.4) is 0 Å². The lowest BCUT2D eigenvalue weighted by molar-refractivity contribution is 0.0946. The molecule has 1 aromatic rings. The highest BCUT2D eigenvalue weighted by Gasteiger charge is 2.12. The molecular weight excluding hydrogens is 258 g/mol. The summed E-state index contributed by atoms with van der Waals surface area (Å²) in [6, 6.07) is 6.94. The average molecular weight is 281 g/mol. The second kappa shape index (κ2) is 8.68. The number of rotatable bonds is 9. The van der Waals surface area contributed by atoms with E-state index < -0.39 is 6.10 Å². The van der Waals surface area contributed by atoms with Crippen molar-refractivity contribution in [2.75, 3.05) is 19.8 Å². The molecule has 0 spiro atoms. The van der Waals surface area contributed by atoms with E-state index in [0.717, 1.165) is 6.42 Å². The topological polar surface area (TPSA) is 78.8 Å². The Balaban J connectivity index is 2.45. The molecule has 0 unspecified atom stereocenters. The van der Waals surface area contributed by atoms with Crippen LogP contribution in [0.1, 0.15) is 30.6 Å². The largest absolute Gasteiger partial charge is 0.490 e. The van der Waals surface area contributed by atoms with Crippen molar-refractivity contribution >= 4 is 5.78 Å². The van der Waals surface area contributed by atoms with Crippen LogP contribution in [0.4, 0.5) is 0 Å². The molecule has 1 rings (SSSR count). The van der Waals surface area contributed by atoms with Gasteiger partial charge in [-0.05, 0) is 25.5 Å². The summed E-state index contributed by atoms with van der Waals surface area (Å²) in [5, 5.41) is 21.9. The zero-order chi connectivity index (χ0) is 15.0. The molecule has 0 aliphatic heterocycles. The van der Waals surface area contributed by atoms with E-state index in [1.54, 1.807) is 24.3 Å². The summed E-state index contributed by atoms with van der Waals surface area (Å²) in [6.07, 6.45) is 0.0904. The van der Waals surface area contributed by atoms with Crippen LogP contribution >= 0.6 is 0 Å². The summed E-state index contributed by atoms with van der Waals surface area (Å²) >= 11 is 0. The Labute approximate surface area is 119 Å². The molecule has 0 aliphatic carbocycles. The van der Waals surface area contributed by atoms with Crippen molar-refractivity contribution in [3.05, 3.63) is 29.8 Å². The van der Waals surface area contributed by atoms with Crippen molar-refractivity contribution in [2.45, 2.75) is 32.4 Å². The minimum atomic E-state index is -0.699. The summed E-state index contributed by atoms with van der Waals surface area (Å²) in [5.41, 5.74) is 0.509. The second-order valence-corrected chi connectivity index (χ2v) is 4.71. The first-order chi connectivity index (χ1) is 9.58. The van der Waals surface area contributed by atoms with E-state index in [-0.39, 0.29) is 25.0 Å². The van der Waals surface area contributed by atoms with Gasteiger partial charge in [0.2, 0.25) is 0 Å². The fourth-order valence-corrected chi connectivity index (χ4v) is 1.77. The average Bonchev–Trinajstić information content (AvgIpc) is 2.46. The van der Waals surface area contributed by atoms with Gasteiger partial charge in [0.1, 0.15) is 18.5 Å². The van der Waals surface area contributed by atoms with Crippen molar-refractivity contribution in [3.8, 4) is 5.75 Å². The van der Waals surface area contributed by atoms with E-state index in [1.165, 1.54) is 6.92 Å². The Hall–Kier alpha value is -1.43. The van der Waals surface area contributed by atoms with Crippen molar-refractivity contribution in [2.24, 2.45) is 0 Å². The number of nitrogens with one attached hydrogen (secondary N) is 1. The number of ether oxygens (including phenoxy) is 1. The predicted molar refractivity (Wildman–Crippen MR) is 77.1 cm³/mol. The van der Waals surface area contributed by atoms with Gasteiger partial charge in [-0.25, -0.2) is 0 Å². The molecule has 0 aliphatic rings. The van der Waals surface area contributed by atoms with E-state index >= 15 is 0 Å². The lowest BCUT2D eigenvalue weighted by Gasteiger charge is -2.18. The standard InChI is InChI=1S/C15H23NO4/c1-3-12(9-17)16-8-13(19)10-20-15-7-5-4-6-14(15)11(2)18/h4-7,12-13,16-17,19H,3,8-10H2,1-2H3/t12-,13+/m0/s1. The summed E-state index contributed by atoms with van der Waals surface area (Å²) in [7, 11) is 0. The van der Waals surface area contributed by atoms with Crippen molar-refractivity contribution in [1.29, 1.82) is 0 Å². The van der Waals surface area contributed by atoms with Gasteiger partial charge in [-0.2, -0.15) is 0 Å². The normalized spacial score (nSPS) is 13.8. The molecule has 0 aromatic heterocycles. The van der Waals surface area contributed by atoms with E-state index in [4.69, 9.17) is 9.84 Å². The second-order valence-electron chi connectivity index (χ2n) is 4.71. The Morgan fingerprint density at radius 2 is 2.10 bits per heavy atom. The van der Waals surface area contributed by atoms with Gasteiger partial charge in [-0.3, -0.25) is 4.79 Å². The number of hydrogen-bond acceptors (Lipinski definition) is 5. The number of aliphatic hydroxyl groups excluding tert-OH is 2. The third kappa shape index (κ3) is 5.28. The molecule has 2 atom stereocenters. The van der Waals surface area contributed by atoms with Crippen LogP contribution in [0.5, 0.6) is 5.75 Å². The van der Waals surface area contributed by atoms with Crippen molar-refractivity contribution in [3.63, 3.8) is 0 Å². The molecule has 20 heavy (non-hydrogen) atoms. The molecule has 1 aromatic carbocycles. The van der Waals surface area contributed by atoms with Gasteiger partial charge in [0.25, 0.3) is 0 Å². The molecule has 112 valence electrons. The smallest absolute Gasteiger partial charge is 0.163 e. The summed E-state index contributed by atoms with van der Waals surface area (Å²) in [5.74, 6) is 0.410. The third-order valence-electron chi connectivity index (χ3n) is 3.05. The lowest BCUT2D eigenvalue weighted by Crippen LogP contribution is -2.39. The van der Waals surface area contributed by atoms with E-state index in [1.807, 2.05) is 6.92 Å². The van der Waals surface area contributed by atoms with Gasteiger partial charge in [-0.15, -0.1) is 0 Å². The maximum absolute atomic E-state index is 11.4.